The molecule has 0 bridgehead atoms. The summed E-state index contributed by atoms with van der Waals surface area (Å²) in [5.74, 6) is 0.973. The molecule has 3 heterocycles. The predicted molar refractivity (Wildman–Crippen MR) is 158 cm³/mol. The highest BCUT2D eigenvalue weighted by Crippen LogP contribution is 2.39. The van der Waals surface area contributed by atoms with E-state index in [0.29, 0.717) is 11.4 Å². The van der Waals surface area contributed by atoms with Gasteiger partial charge in [-0.2, -0.15) is 0 Å². The second-order valence-electron chi connectivity index (χ2n) is 10.9. The number of hydrogen-bond acceptors (Lipinski definition) is 4. The molecule has 3 aromatic carbocycles. The smallest absolute Gasteiger partial charge is 0.144 e. The molecule has 6 rings (SSSR count). The third-order valence-electron chi connectivity index (χ3n) is 7.18. The first-order chi connectivity index (χ1) is 18.8. The highest BCUT2D eigenvalue weighted by Gasteiger charge is 2.23. The average Bonchev–Trinajstić information content (AvgIpc) is 3.29. The van der Waals surface area contributed by atoms with Crippen LogP contribution in [0, 0.1) is 0 Å². The van der Waals surface area contributed by atoms with Crippen LogP contribution >= 0.6 is 0 Å². The molecule has 0 fully saturated rings. The highest BCUT2D eigenvalue weighted by atomic mass is 16.3. The summed E-state index contributed by atoms with van der Waals surface area (Å²) in [5, 5.41) is 11.2. The number of aryl methyl sites for hydroxylation is 1. The number of aromatic nitrogens is 4. The lowest BCUT2D eigenvalue weighted by Gasteiger charge is -2.21. The van der Waals surface area contributed by atoms with Crippen LogP contribution in [-0.2, 0) is 12.5 Å². The first-order valence-electron chi connectivity index (χ1n) is 13.1. The minimum absolute atomic E-state index is 0.191. The van der Waals surface area contributed by atoms with Gasteiger partial charge >= 0.3 is 0 Å². The van der Waals surface area contributed by atoms with Gasteiger partial charge in [0.05, 0.1) is 22.5 Å². The van der Waals surface area contributed by atoms with Gasteiger partial charge in [0, 0.05) is 30.6 Å². The highest BCUT2D eigenvalue weighted by molar-refractivity contribution is 5.93. The number of imidazole rings is 1. The largest absolute Gasteiger partial charge is 0.507 e. The van der Waals surface area contributed by atoms with E-state index < -0.39 is 0 Å². The van der Waals surface area contributed by atoms with Crippen molar-refractivity contribution in [2.24, 2.45) is 7.05 Å². The van der Waals surface area contributed by atoms with E-state index in [1.807, 2.05) is 78.6 Å². The molecule has 0 radical (unpaired) electrons. The van der Waals surface area contributed by atoms with Crippen molar-refractivity contribution < 1.29 is 5.11 Å². The van der Waals surface area contributed by atoms with Crippen molar-refractivity contribution >= 4 is 11.0 Å². The Morgan fingerprint density at radius 1 is 0.692 bits per heavy atom. The second kappa shape index (κ2) is 9.52. The van der Waals surface area contributed by atoms with E-state index in [9.17, 15) is 5.11 Å². The molecule has 0 aliphatic rings. The van der Waals surface area contributed by atoms with Gasteiger partial charge in [-0.3, -0.25) is 9.97 Å². The monoisotopic (exact) mass is 510 g/mol. The Morgan fingerprint density at radius 2 is 1.41 bits per heavy atom. The van der Waals surface area contributed by atoms with Gasteiger partial charge in [-0.15, -0.1) is 0 Å². The van der Waals surface area contributed by atoms with E-state index in [1.54, 1.807) is 0 Å². The molecule has 5 nitrogen and oxygen atoms in total. The molecular formula is C34H30N4O. The first kappa shape index (κ1) is 24.6. The molecule has 0 amide bonds. The lowest BCUT2D eigenvalue weighted by molar-refractivity contribution is 0.448. The molecule has 0 aliphatic heterocycles. The van der Waals surface area contributed by atoms with Gasteiger partial charge in [0.25, 0.3) is 0 Å². The molecule has 0 unspecified atom stereocenters. The summed E-state index contributed by atoms with van der Waals surface area (Å²) in [6.07, 6.45) is 3.67. The van der Waals surface area contributed by atoms with Gasteiger partial charge in [0.15, 0.2) is 0 Å². The zero-order valence-corrected chi connectivity index (χ0v) is 22.6. The van der Waals surface area contributed by atoms with Crippen LogP contribution in [0.2, 0.25) is 0 Å². The second-order valence-corrected chi connectivity index (χ2v) is 10.9. The molecule has 0 atom stereocenters. The Labute approximate surface area is 228 Å². The van der Waals surface area contributed by atoms with Crippen LogP contribution in [0.5, 0.6) is 5.75 Å². The maximum atomic E-state index is 11.2. The van der Waals surface area contributed by atoms with Gasteiger partial charge in [-0.05, 0) is 52.4 Å². The van der Waals surface area contributed by atoms with Crippen LogP contribution in [0.3, 0.4) is 0 Å². The quantitative estimate of drug-likeness (QED) is 0.261. The maximum absolute atomic E-state index is 11.2. The van der Waals surface area contributed by atoms with Gasteiger partial charge in [-0.25, -0.2) is 4.98 Å². The standard InChI is InChI=1S/C34H30N4O/c1-34(2,3)27-15-9-14-26(32(27)39)33-37-31-29(38(33)4)17-19-36-30(31)25-13-8-12-24(20-25)28-21-23(16-18-35-28)22-10-6-5-7-11-22/h5-21,39H,1-4H3. The predicted octanol–water partition coefficient (Wildman–Crippen LogP) is 8.03. The van der Waals surface area contributed by atoms with Crippen LogP contribution in [0.1, 0.15) is 26.3 Å². The van der Waals surface area contributed by atoms with E-state index in [0.717, 1.165) is 50.2 Å². The summed E-state index contributed by atoms with van der Waals surface area (Å²) in [6, 6.07) is 30.6. The molecule has 0 saturated carbocycles. The van der Waals surface area contributed by atoms with Crippen molar-refractivity contribution in [2.45, 2.75) is 26.2 Å². The topological polar surface area (TPSA) is 63.8 Å². The van der Waals surface area contributed by atoms with Crippen LogP contribution < -0.4 is 0 Å². The fourth-order valence-corrected chi connectivity index (χ4v) is 5.13. The van der Waals surface area contributed by atoms with Gasteiger partial charge < -0.3 is 9.67 Å². The van der Waals surface area contributed by atoms with E-state index in [2.05, 4.69) is 62.2 Å². The Kier molecular flexibility index (Phi) is 5.99. The summed E-state index contributed by atoms with van der Waals surface area (Å²) in [6.45, 7) is 6.29. The number of aromatic hydroxyl groups is 1. The number of rotatable bonds is 4. The SMILES string of the molecule is Cn1c(-c2cccc(C(C)(C)C)c2O)nc2c(-c3cccc(-c4cc(-c5ccccc5)ccn4)c3)nccc21. The fourth-order valence-electron chi connectivity index (χ4n) is 5.13. The van der Waals surface area contributed by atoms with Crippen molar-refractivity contribution in [2.75, 3.05) is 0 Å². The maximum Gasteiger partial charge on any atom is 0.144 e. The van der Waals surface area contributed by atoms with E-state index >= 15 is 0 Å². The van der Waals surface area contributed by atoms with Gasteiger partial charge in [-0.1, -0.05) is 81.4 Å². The Bertz CT molecular complexity index is 1810. The Hall–Kier alpha value is -4.77. The summed E-state index contributed by atoms with van der Waals surface area (Å²) < 4.78 is 2.02. The van der Waals surface area contributed by atoms with Crippen molar-refractivity contribution in [3.63, 3.8) is 0 Å². The van der Waals surface area contributed by atoms with Gasteiger partial charge in [0.2, 0.25) is 0 Å². The van der Waals surface area contributed by atoms with Crippen LogP contribution in [0.25, 0.3) is 56.1 Å². The minimum atomic E-state index is -0.191. The molecule has 0 spiro atoms. The number of phenolic OH excluding ortho intramolecular Hbond substituents is 1. The molecule has 0 aliphatic carbocycles. The third-order valence-corrected chi connectivity index (χ3v) is 7.18. The summed E-state index contributed by atoms with van der Waals surface area (Å²) in [5.41, 5.74) is 9.09. The zero-order valence-electron chi connectivity index (χ0n) is 22.6. The van der Waals surface area contributed by atoms with Crippen LogP contribution in [0.15, 0.2) is 103 Å². The van der Waals surface area contributed by atoms with Crippen molar-refractivity contribution in [1.82, 2.24) is 19.5 Å². The molecule has 0 saturated heterocycles. The van der Waals surface area contributed by atoms with E-state index in [1.165, 1.54) is 0 Å². The number of benzene rings is 3. The number of nitrogens with zero attached hydrogens (tertiary/aromatic N) is 4. The summed E-state index contributed by atoms with van der Waals surface area (Å²) in [7, 11) is 1.98. The van der Waals surface area contributed by atoms with Crippen molar-refractivity contribution in [1.29, 1.82) is 0 Å². The number of hydrogen-bond donors (Lipinski definition) is 1. The lowest BCUT2D eigenvalue weighted by atomic mass is 9.85. The number of fused-ring (bicyclic) bond motifs is 1. The van der Waals surface area contributed by atoms with Gasteiger partial charge in [0.1, 0.15) is 17.1 Å². The molecular weight excluding hydrogens is 480 g/mol. The molecule has 39 heavy (non-hydrogen) atoms. The third kappa shape index (κ3) is 4.46. The summed E-state index contributed by atoms with van der Waals surface area (Å²) in [4.78, 5) is 14.4. The number of phenols is 1. The fraction of sp³-hybridized carbons (Fsp3) is 0.147. The summed E-state index contributed by atoms with van der Waals surface area (Å²) >= 11 is 0. The molecule has 5 heteroatoms. The molecule has 192 valence electrons. The zero-order chi connectivity index (χ0) is 27.1. The Morgan fingerprint density at radius 3 is 2.21 bits per heavy atom. The van der Waals surface area contributed by atoms with Crippen molar-refractivity contribution in [3.8, 4) is 50.8 Å². The van der Waals surface area contributed by atoms with E-state index in [4.69, 9.17) is 9.97 Å². The van der Waals surface area contributed by atoms with Crippen molar-refractivity contribution in [3.05, 3.63) is 109 Å². The molecule has 6 aromatic rings. The number of pyridine rings is 2. The lowest BCUT2D eigenvalue weighted by Crippen LogP contribution is -2.11. The molecule has 3 aromatic heterocycles. The first-order valence-corrected chi connectivity index (χ1v) is 13.1. The van der Waals surface area contributed by atoms with Crippen LogP contribution in [0.4, 0.5) is 0 Å². The Balaban J connectivity index is 1.45. The minimum Gasteiger partial charge on any atom is -0.507 e. The normalized spacial score (nSPS) is 11.7. The average molecular weight is 511 g/mol. The number of para-hydroxylation sites is 1. The van der Waals surface area contributed by atoms with Crippen LogP contribution in [-0.4, -0.2) is 24.6 Å². The molecule has 1 N–H and O–H groups in total. The van der Waals surface area contributed by atoms with E-state index in [-0.39, 0.29) is 11.2 Å².